The molecule has 0 bridgehead atoms. The van der Waals surface area contributed by atoms with Crippen molar-refractivity contribution in [2.24, 2.45) is 11.5 Å². The molecule has 0 aliphatic heterocycles. The maximum absolute atomic E-state index is 12.7. The molecule has 0 aliphatic rings. The molecule has 0 radical (unpaired) electrons. The monoisotopic (exact) mass is 452 g/mol. The quantitative estimate of drug-likeness (QED) is 0.307. The molecule has 0 spiro atoms. The van der Waals surface area contributed by atoms with Gasteiger partial charge in [-0.05, 0) is 55.8 Å². The molecular weight excluding hydrogens is 428 g/mol. The summed E-state index contributed by atoms with van der Waals surface area (Å²) in [6.45, 7) is 4.22. The number of benzene rings is 1. The average molecular weight is 453 g/mol. The first-order chi connectivity index (χ1) is 16.3. The maximum atomic E-state index is 12.7. The summed E-state index contributed by atoms with van der Waals surface area (Å²) in [4.78, 5) is 29.0. The molecule has 9 heteroatoms. The van der Waals surface area contributed by atoms with Gasteiger partial charge in [0.1, 0.15) is 5.52 Å². The van der Waals surface area contributed by atoms with Crippen LogP contribution < -0.4 is 22.6 Å². The van der Waals surface area contributed by atoms with Crippen molar-refractivity contribution in [3.8, 4) is 16.9 Å². The van der Waals surface area contributed by atoms with Crippen LogP contribution in [0.3, 0.4) is 0 Å². The molecule has 0 aliphatic carbocycles. The third kappa shape index (κ3) is 3.66. The van der Waals surface area contributed by atoms with Gasteiger partial charge in [0, 0.05) is 35.7 Å². The van der Waals surface area contributed by atoms with E-state index in [4.69, 9.17) is 21.9 Å². The molecule has 5 aromatic rings. The van der Waals surface area contributed by atoms with Crippen molar-refractivity contribution in [1.29, 1.82) is 5.41 Å². The first-order valence-electron chi connectivity index (χ1n) is 10.8. The summed E-state index contributed by atoms with van der Waals surface area (Å²) in [5.74, 6) is 0. The molecule has 0 atom stereocenters. The van der Waals surface area contributed by atoms with Crippen LogP contribution in [-0.2, 0) is 12.1 Å². The largest absolute Gasteiger partial charge is 0.325 e. The lowest BCUT2D eigenvalue weighted by molar-refractivity contribution is 0.554. The number of nitrogens with two attached hydrogens (primary N) is 2. The molecular formula is C25H24N8O. The van der Waals surface area contributed by atoms with Crippen molar-refractivity contribution < 1.29 is 0 Å². The number of fused-ring (bicyclic) bond motifs is 3. The molecule has 170 valence electrons. The standard InChI is InChI=1S/C25H24N8O/c1-25(2,28)15-4-7-17(8-5-15)33-22-18(23(34)32-24(33)27)13-30-20-10-9-19(31-21(20)22)14-3-6-16(11-26)29-12-14/h3-10,12-13H,11,26,28H2,1-2H3,(H2,27,32,34). The number of aromatic amines is 1. The average Bonchev–Trinajstić information content (AvgIpc) is 2.83. The molecule has 0 fully saturated rings. The third-order valence-electron chi connectivity index (χ3n) is 5.81. The van der Waals surface area contributed by atoms with E-state index in [1.54, 1.807) is 10.8 Å². The number of nitrogens with zero attached hydrogens (tertiary/aromatic N) is 4. The Kier molecular flexibility index (Phi) is 5.07. The highest BCUT2D eigenvalue weighted by molar-refractivity contribution is 6.01. The lowest BCUT2D eigenvalue weighted by Gasteiger charge is -2.20. The van der Waals surface area contributed by atoms with Crippen molar-refractivity contribution >= 4 is 21.9 Å². The van der Waals surface area contributed by atoms with Gasteiger partial charge >= 0.3 is 0 Å². The fourth-order valence-corrected chi connectivity index (χ4v) is 3.94. The van der Waals surface area contributed by atoms with Gasteiger partial charge in [0.15, 0.2) is 0 Å². The molecule has 0 saturated heterocycles. The summed E-state index contributed by atoms with van der Waals surface area (Å²) in [5.41, 5.74) is 16.5. The van der Waals surface area contributed by atoms with Gasteiger partial charge in [-0.2, -0.15) is 0 Å². The van der Waals surface area contributed by atoms with Gasteiger partial charge < -0.3 is 11.5 Å². The number of pyridine rings is 3. The van der Waals surface area contributed by atoms with Crippen molar-refractivity contribution in [2.45, 2.75) is 25.9 Å². The van der Waals surface area contributed by atoms with E-state index in [2.05, 4.69) is 15.0 Å². The molecule has 9 nitrogen and oxygen atoms in total. The second-order valence-corrected chi connectivity index (χ2v) is 8.73. The minimum absolute atomic E-state index is 0.0640. The van der Waals surface area contributed by atoms with Gasteiger partial charge in [0.25, 0.3) is 5.56 Å². The van der Waals surface area contributed by atoms with E-state index in [1.807, 2.05) is 62.4 Å². The predicted molar refractivity (Wildman–Crippen MR) is 131 cm³/mol. The fourth-order valence-electron chi connectivity index (χ4n) is 3.94. The number of aromatic nitrogens is 5. The van der Waals surface area contributed by atoms with Crippen molar-refractivity contribution in [1.82, 2.24) is 24.5 Å². The van der Waals surface area contributed by atoms with Crippen LogP contribution in [0, 0.1) is 5.41 Å². The van der Waals surface area contributed by atoms with Gasteiger partial charge in [-0.15, -0.1) is 0 Å². The van der Waals surface area contributed by atoms with Crippen molar-refractivity contribution in [2.75, 3.05) is 0 Å². The smallest absolute Gasteiger partial charge is 0.261 e. The summed E-state index contributed by atoms with van der Waals surface area (Å²) in [6.07, 6.45) is 3.24. The summed E-state index contributed by atoms with van der Waals surface area (Å²) in [5, 5.41) is 8.90. The Morgan fingerprint density at radius 2 is 1.79 bits per heavy atom. The predicted octanol–water partition coefficient (Wildman–Crippen LogP) is 2.46. The fraction of sp³-hybridized carbons (Fsp3) is 0.160. The Balaban J connectivity index is 1.80. The highest BCUT2D eigenvalue weighted by atomic mass is 16.1. The van der Waals surface area contributed by atoms with Crippen LogP contribution in [0.5, 0.6) is 0 Å². The topological polar surface area (TPSA) is 152 Å². The molecule has 0 saturated carbocycles. The Labute approximate surface area is 194 Å². The Bertz CT molecular complexity index is 1640. The van der Waals surface area contributed by atoms with Gasteiger partial charge in [-0.3, -0.25) is 29.7 Å². The van der Waals surface area contributed by atoms with Gasteiger partial charge in [0.2, 0.25) is 5.62 Å². The van der Waals surface area contributed by atoms with E-state index in [9.17, 15) is 4.79 Å². The van der Waals surface area contributed by atoms with E-state index in [0.29, 0.717) is 39.9 Å². The summed E-state index contributed by atoms with van der Waals surface area (Å²) >= 11 is 0. The Morgan fingerprint density at radius 1 is 1.03 bits per heavy atom. The first-order valence-corrected chi connectivity index (χ1v) is 10.8. The van der Waals surface area contributed by atoms with Crippen molar-refractivity contribution in [3.05, 3.63) is 88.2 Å². The zero-order valence-electron chi connectivity index (χ0n) is 18.8. The van der Waals surface area contributed by atoms with Crippen LogP contribution >= 0.6 is 0 Å². The van der Waals surface area contributed by atoms with Crippen LogP contribution in [0.1, 0.15) is 25.1 Å². The Morgan fingerprint density at radius 3 is 2.44 bits per heavy atom. The molecule has 4 aromatic heterocycles. The van der Waals surface area contributed by atoms with Crippen molar-refractivity contribution in [3.63, 3.8) is 0 Å². The molecule has 0 unspecified atom stereocenters. The van der Waals surface area contributed by atoms with Gasteiger partial charge in [-0.1, -0.05) is 12.1 Å². The zero-order chi connectivity index (χ0) is 24.0. The van der Waals surface area contributed by atoms with E-state index in [1.165, 1.54) is 6.20 Å². The molecule has 5 rings (SSSR count). The van der Waals surface area contributed by atoms with E-state index < -0.39 is 11.1 Å². The molecule has 6 N–H and O–H groups in total. The second kappa shape index (κ2) is 7.98. The first kappa shape index (κ1) is 21.6. The number of rotatable bonds is 4. The van der Waals surface area contributed by atoms with Crippen LogP contribution in [0.4, 0.5) is 0 Å². The zero-order valence-corrected chi connectivity index (χ0v) is 18.8. The van der Waals surface area contributed by atoms with E-state index in [0.717, 1.165) is 16.8 Å². The minimum Gasteiger partial charge on any atom is -0.325 e. The summed E-state index contributed by atoms with van der Waals surface area (Å²) < 4.78 is 1.67. The lowest BCUT2D eigenvalue weighted by atomic mass is 9.95. The number of H-pyrrole nitrogens is 1. The number of nitrogens with one attached hydrogen (secondary N) is 2. The van der Waals surface area contributed by atoms with Crippen LogP contribution in [0.2, 0.25) is 0 Å². The highest BCUT2D eigenvalue weighted by Crippen LogP contribution is 2.26. The third-order valence-corrected chi connectivity index (χ3v) is 5.81. The maximum Gasteiger partial charge on any atom is 0.261 e. The van der Waals surface area contributed by atoms with Crippen LogP contribution in [-0.4, -0.2) is 24.5 Å². The lowest BCUT2D eigenvalue weighted by Crippen LogP contribution is -2.30. The van der Waals surface area contributed by atoms with Gasteiger partial charge in [0.05, 0.1) is 27.8 Å². The van der Waals surface area contributed by atoms with E-state index >= 15 is 0 Å². The van der Waals surface area contributed by atoms with E-state index in [-0.39, 0.29) is 5.62 Å². The number of hydrogen-bond acceptors (Lipinski definition) is 7. The van der Waals surface area contributed by atoms with Crippen LogP contribution in [0.25, 0.3) is 38.9 Å². The summed E-state index contributed by atoms with van der Waals surface area (Å²) in [7, 11) is 0. The second-order valence-electron chi connectivity index (χ2n) is 8.73. The molecule has 0 amide bonds. The minimum atomic E-state index is -0.499. The molecule has 4 heterocycles. The highest BCUT2D eigenvalue weighted by Gasteiger charge is 2.17. The molecule has 1 aromatic carbocycles. The van der Waals surface area contributed by atoms with Gasteiger partial charge in [-0.25, -0.2) is 4.98 Å². The van der Waals surface area contributed by atoms with Crippen LogP contribution in [0.15, 0.2) is 65.7 Å². The SMILES string of the molecule is CC(C)(N)c1ccc(-n2c(=N)[nH]c(=O)c3cnc4ccc(-c5ccc(CN)nc5)nc4c32)cc1. The normalized spacial score (nSPS) is 11.9. The summed E-state index contributed by atoms with van der Waals surface area (Å²) in [6, 6.07) is 15.1. The molecule has 34 heavy (non-hydrogen) atoms. The Hall–Kier alpha value is -4.21. The number of hydrogen-bond donors (Lipinski definition) is 4.